The van der Waals surface area contributed by atoms with E-state index in [0.717, 1.165) is 42.0 Å². The fraction of sp³-hybridized carbons (Fsp3) is 0.478. The Morgan fingerprint density at radius 1 is 1.11 bits per heavy atom. The molecule has 0 spiro atoms. The molecule has 5 rings (SSSR count). The standard InChI is InChI=1S/C23H27N3OS/c27-22(18-9-5-2-6-10-18)25(19-11-12-19)14-13-20-16-28-23-24-21(15-26(20)23)17-7-3-1-4-8-17/h1,3-4,7-8,15-16,18-19H,2,5-6,9-14H2. The molecule has 0 aliphatic heterocycles. The Labute approximate surface area is 170 Å². The number of aromatic nitrogens is 2. The molecule has 0 atom stereocenters. The van der Waals surface area contributed by atoms with Crippen LogP contribution in [0, 0.1) is 5.92 Å². The van der Waals surface area contributed by atoms with Crippen molar-refractivity contribution in [1.29, 1.82) is 0 Å². The Hall–Kier alpha value is -2.14. The molecule has 2 saturated carbocycles. The van der Waals surface area contributed by atoms with E-state index in [4.69, 9.17) is 4.98 Å². The van der Waals surface area contributed by atoms with Crippen molar-refractivity contribution in [2.24, 2.45) is 5.92 Å². The van der Waals surface area contributed by atoms with Gasteiger partial charge in [-0.3, -0.25) is 9.20 Å². The molecule has 1 amide bonds. The number of carbonyl (C=O) groups is 1. The molecule has 1 aromatic carbocycles. The van der Waals surface area contributed by atoms with E-state index >= 15 is 0 Å². The van der Waals surface area contributed by atoms with Crippen LogP contribution in [0.1, 0.15) is 50.6 Å². The highest BCUT2D eigenvalue weighted by atomic mass is 32.1. The molecular formula is C23H27N3OS. The maximum atomic E-state index is 13.1. The van der Waals surface area contributed by atoms with Gasteiger partial charge < -0.3 is 4.90 Å². The summed E-state index contributed by atoms with van der Waals surface area (Å²) in [6.45, 7) is 0.838. The van der Waals surface area contributed by atoms with Crippen LogP contribution in [-0.4, -0.2) is 32.8 Å². The summed E-state index contributed by atoms with van der Waals surface area (Å²) >= 11 is 1.69. The number of hydrogen-bond donors (Lipinski definition) is 0. The third-order valence-corrected chi connectivity index (χ3v) is 7.08. The Morgan fingerprint density at radius 3 is 2.64 bits per heavy atom. The number of thiazole rings is 1. The van der Waals surface area contributed by atoms with Crippen LogP contribution < -0.4 is 0 Å². The molecule has 2 heterocycles. The summed E-state index contributed by atoms with van der Waals surface area (Å²) in [5.41, 5.74) is 3.43. The first kappa shape index (κ1) is 17.9. The van der Waals surface area contributed by atoms with Gasteiger partial charge in [-0.1, -0.05) is 49.6 Å². The van der Waals surface area contributed by atoms with Gasteiger partial charge in [0.2, 0.25) is 5.91 Å². The first-order valence-electron chi connectivity index (χ1n) is 10.6. The van der Waals surface area contributed by atoms with E-state index in [-0.39, 0.29) is 5.92 Å². The average molecular weight is 394 g/mol. The highest BCUT2D eigenvalue weighted by molar-refractivity contribution is 7.15. The zero-order valence-electron chi connectivity index (χ0n) is 16.2. The lowest BCUT2D eigenvalue weighted by Gasteiger charge is -2.29. The lowest BCUT2D eigenvalue weighted by atomic mass is 9.88. The van der Waals surface area contributed by atoms with Crippen LogP contribution in [0.5, 0.6) is 0 Å². The fourth-order valence-corrected chi connectivity index (χ4v) is 5.34. The van der Waals surface area contributed by atoms with E-state index in [1.165, 1.54) is 37.8 Å². The van der Waals surface area contributed by atoms with Crippen molar-refractivity contribution < 1.29 is 4.79 Å². The van der Waals surface area contributed by atoms with Gasteiger partial charge >= 0.3 is 0 Å². The van der Waals surface area contributed by atoms with E-state index in [0.29, 0.717) is 11.9 Å². The lowest BCUT2D eigenvalue weighted by Crippen LogP contribution is -2.40. The van der Waals surface area contributed by atoms with Crippen LogP contribution in [0.4, 0.5) is 0 Å². The first-order valence-corrected chi connectivity index (χ1v) is 11.5. The molecular weight excluding hydrogens is 366 g/mol. The molecule has 0 bridgehead atoms. The molecule has 4 nitrogen and oxygen atoms in total. The molecule has 0 N–H and O–H groups in total. The van der Waals surface area contributed by atoms with Gasteiger partial charge in [0.1, 0.15) is 0 Å². The van der Waals surface area contributed by atoms with Crippen molar-refractivity contribution in [3.63, 3.8) is 0 Å². The van der Waals surface area contributed by atoms with Gasteiger partial charge in [-0.15, -0.1) is 11.3 Å². The van der Waals surface area contributed by atoms with Crippen molar-refractivity contribution >= 4 is 22.2 Å². The third-order valence-electron chi connectivity index (χ3n) is 6.19. The van der Waals surface area contributed by atoms with Gasteiger partial charge in [-0.25, -0.2) is 4.98 Å². The number of imidazole rings is 1. The summed E-state index contributed by atoms with van der Waals surface area (Å²) in [7, 11) is 0. The quantitative estimate of drug-likeness (QED) is 0.579. The maximum Gasteiger partial charge on any atom is 0.225 e. The summed E-state index contributed by atoms with van der Waals surface area (Å²) in [5, 5.41) is 2.20. The first-order chi connectivity index (χ1) is 13.8. The van der Waals surface area contributed by atoms with Gasteiger partial charge in [-0.2, -0.15) is 0 Å². The van der Waals surface area contributed by atoms with E-state index in [1.54, 1.807) is 11.3 Å². The smallest absolute Gasteiger partial charge is 0.225 e. The molecule has 3 aromatic rings. The van der Waals surface area contributed by atoms with Gasteiger partial charge in [0, 0.05) is 47.8 Å². The second kappa shape index (κ2) is 7.70. The minimum Gasteiger partial charge on any atom is -0.339 e. The number of fused-ring (bicyclic) bond motifs is 1. The lowest BCUT2D eigenvalue weighted by molar-refractivity contribution is -0.137. The maximum absolute atomic E-state index is 13.1. The van der Waals surface area contributed by atoms with Crippen molar-refractivity contribution in [2.75, 3.05) is 6.54 Å². The number of carbonyl (C=O) groups excluding carboxylic acids is 1. The van der Waals surface area contributed by atoms with Crippen LogP contribution >= 0.6 is 11.3 Å². The summed E-state index contributed by atoms with van der Waals surface area (Å²) in [6, 6.07) is 10.8. The summed E-state index contributed by atoms with van der Waals surface area (Å²) in [4.78, 5) is 21.1. The van der Waals surface area contributed by atoms with Gasteiger partial charge in [0.15, 0.2) is 4.96 Å². The fourth-order valence-electron chi connectivity index (χ4n) is 4.44. The molecule has 0 unspecified atom stereocenters. The van der Waals surface area contributed by atoms with E-state index < -0.39 is 0 Å². The van der Waals surface area contributed by atoms with Crippen LogP contribution in [0.15, 0.2) is 41.9 Å². The molecule has 2 fully saturated rings. The second-order valence-electron chi connectivity index (χ2n) is 8.22. The average Bonchev–Trinajstić information content (AvgIpc) is 3.38. The predicted octanol–water partition coefficient (Wildman–Crippen LogP) is 5.18. The summed E-state index contributed by atoms with van der Waals surface area (Å²) in [6.07, 6.45) is 11.3. The van der Waals surface area contributed by atoms with E-state index in [1.807, 2.05) is 18.2 Å². The van der Waals surface area contributed by atoms with Crippen molar-refractivity contribution in [3.05, 3.63) is 47.6 Å². The van der Waals surface area contributed by atoms with E-state index in [9.17, 15) is 4.79 Å². The Kier molecular flexibility index (Phi) is 4.93. The predicted molar refractivity (Wildman–Crippen MR) is 114 cm³/mol. The topological polar surface area (TPSA) is 37.6 Å². The monoisotopic (exact) mass is 393 g/mol. The highest BCUT2D eigenvalue weighted by Crippen LogP contribution is 2.32. The molecule has 2 aliphatic rings. The zero-order valence-corrected chi connectivity index (χ0v) is 17.0. The SMILES string of the molecule is O=C(C1CCCCC1)N(CCc1csc2nc(-c3ccccc3)cn12)C1CC1. The van der Waals surface area contributed by atoms with Crippen LogP contribution in [-0.2, 0) is 11.2 Å². The second-order valence-corrected chi connectivity index (χ2v) is 9.06. The van der Waals surface area contributed by atoms with Crippen LogP contribution in [0.2, 0.25) is 0 Å². The normalized spacial score (nSPS) is 17.9. The Balaban J connectivity index is 1.31. The number of hydrogen-bond acceptors (Lipinski definition) is 3. The molecule has 28 heavy (non-hydrogen) atoms. The molecule has 146 valence electrons. The molecule has 2 aliphatic carbocycles. The van der Waals surface area contributed by atoms with Gasteiger partial charge in [0.05, 0.1) is 5.69 Å². The minimum absolute atomic E-state index is 0.273. The number of benzene rings is 1. The molecule has 5 heteroatoms. The molecule has 0 radical (unpaired) electrons. The van der Waals surface area contributed by atoms with Crippen LogP contribution in [0.3, 0.4) is 0 Å². The number of rotatable bonds is 6. The summed E-state index contributed by atoms with van der Waals surface area (Å²) < 4.78 is 2.21. The summed E-state index contributed by atoms with van der Waals surface area (Å²) in [5.74, 6) is 0.694. The van der Waals surface area contributed by atoms with Gasteiger partial charge in [0.25, 0.3) is 0 Å². The Morgan fingerprint density at radius 2 is 1.89 bits per heavy atom. The highest BCUT2D eigenvalue weighted by Gasteiger charge is 2.35. The van der Waals surface area contributed by atoms with Crippen LogP contribution in [0.25, 0.3) is 16.2 Å². The Bertz CT molecular complexity index is 951. The molecule has 0 saturated heterocycles. The zero-order chi connectivity index (χ0) is 18.9. The third kappa shape index (κ3) is 3.60. The number of nitrogens with zero attached hydrogens (tertiary/aromatic N) is 3. The van der Waals surface area contributed by atoms with Gasteiger partial charge in [-0.05, 0) is 25.7 Å². The largest absolute Gasteiger partial charge is 0.339 e. The number of amides is 1. The van der Waals surface area contributed by atoms with E-state index in [2.05, 4.69) is 33.0 Å². The van der Waals surface area contributed by atoms with Crippen molar-refractivity contribution in [3.8, 4) is 11.3 Å². The minimum atomic E-state index is 0.273. The van der Waals surface area contributed by atoms with Crippen molar-refractivity contribution in [2.45, 2.75) is 57.4 Å². The van der Waals surface area contributed by atoms with Crippen molar-refractivity contribution in [1.82, 2.24) is 14.3 Å². The molecule has 2 aromatic heterocycles.